The molecule has 2 aromatic carbocycles. The number of rotatable bonds is 4. The minimum Gasteiger partial charge on any atom is -0.338 e. The van der Waals surface area contributed by atoms with Crippen LogP contribution >= 0.6 is 0 Å². The van der Waals surface area contributed by atoms with Gasteiger partial charge in [0.25, 0.3) is 11.8 Å². The van der Waals surface area contributed by atoms with Crippen molar-refractivity contribution in [1.82, 2.24) is 9.80 Å². The second-order valence-corrected chi connectivity index (χ2v) is 9.02. The van der Waals surface area contributed by atoms with E-state index in [1.807, 2.05) is 35.2 Å². The van der Waals surface area contributed by atoms with Crippen LogP contribution in [0.15, 0.2) is 54.6 Å². The molecule has 3 atom stereocenters. The molecule has 1 saturated heterocycles. The molecule has 2 fully saturated rings. The highest BCUT2D eigenvalue weighted by molar-refractivity contribution is 6.22. The van der Waals surface area contributed by atoms with E-state index in [1.54, 1.807) is 24.3 Å². The van der Waals surface area contributed by atoms with Crippen molar-refractivity contribution < 1.29 is 14.4 Å². The molecule has 2 aliphatic heterocycles. The molecule has 0 aromatic heterocycles. The van der Waals surface area contributed by atoms with Crippen LogP contribution in [0.25, 0.3) is 0 Å². The van der Waals surface area contributed by atoms with E-state index < -0.39 is 6.04 Å². The fourth-order valence-corrected chi connectivity index (χ4v) is 5.71. The maximum atomic E-state index is 14.0. The van der Waals surface area contributed by atoms with E-state index in [4.69, 9.17) is 0 Å². The van der Waals surface area contributed by atoms with Crippen LogP contribution < -0.4 is 0 Å². The van der Waals surface area contributed by atoms with E-state index in [0.717, 1.165) is 24.8 Å². The second-order valence-electron chi connectivity index (χ2n) is 9.02. The van der Waals surface area contributed by atoms with E-state index in [0.29, 0.717) is 30.0 Å². The van der Waals surface area contributed by atoms with Crippen molar-refractivity contribution in [2.45, 2.75) is 57.0 Å². The lowest BCUT2D eigenvalue weighted by Gasteiger charge is -2.45. The highest BCUT2D eigenvalue weighted by atomic mass is 16.2. The molecule has 31 heavy (non-hydrogen) atoms. The molecular weight excluding hydrogens is 388 g/mol. The van der Waals surface area contributed by atoms with E-state index in [-0.39, 0.29) is 23.8 Å². The molecule has 0 unspecified atom stereocenters. The van der Waals surface area contributed by atoms with E-state index in [2.05, 4.69) is 0 Å². The third-order valence-electron chi connectivity index (χ3n) is 7.22. The summed E-state index contributed by atoms with van der Waals surface area (Å²) in [6.45, 7) is 0.717. The summed E-state index contributed by atoms with van der Waals surface area (Å²) in [7, 11) is 0. The Kier molecular flexibility index (Phi) is 5.34. The average molecular weight is 417 g/mol. The molecule has 0 bridgehead atoms. The maximum Gasteiger partial charge on any atom is 0.262 e. The number of benzene rings is 2. The Labute approximate surface area is 183 Å². The van der Waals surface area contributed by atoms with Crippen LogP contribution in [-0.4, -0.2) is 46.1 Å². The van der Waals surface area contributed by atoms with Gasteiger partial charge >= 0.3 is 0 Å². The smallest absolute Gasteiger partial charge is 0.262 e. The molecule has 2 heterocycles. The number of imide groups is 1. The van der Waals surface area contributed by atoms with Gasteiger partial charge in [-0.1, -0.05) is 55.3 Å². The third kappa shape index (κ3) is 3.56. The Bertz CT molecular complexity index is 966. The standard InChI is InChI=1S/C26H28N2O3/c29-24-20-13-5-6-14-21(20)25(30)28(24)23(17-18-9-2-1-3-10-18)26(31)27-16-8-12-19-11-4-7-15-22(19)27/h1-3,5-6,9-10,13-14,19,22-23H,4,7-8,11-12,15-17H2/t19-,22+,23+/m1/s1. The monoisotopic (exact) mass is 416 g/mol. The first-order valence-electron chi connectivity index (χ1n) is 11.5. The Balaban J connectivity index is 1.50. The van der Waals surface area contributed by atoms with Gasteiger partial charge in [0, 0.05) is 19.0 Å². The van der Waals surface area contributed by atoms with Crippen molar-refractivity contribution in [1.29, 1.82) is 0 Å². The van der Waals surface area contributed by atoms with E-state index in [1.165, 1.54) is 24.2 Å². The Morgan fingerprint density at radius 3 is 2.16 bits per heavy atom. The number of carbonyl (C=O) groups excluding carboxylic acids is 3. The lowest BCUT2D eigenvalue weighted by molar-refractivity contribution is -0.141. The molecular formula is C26H28N2O3. The van der Waals surface area contributed by atoms with Crippen LogP contribution in [0, 0.1) is 5.92 Å². The van der Waals surface area contributed by atoms with Gasteiger partial charge in [0.05, 0.1) is 11.1 Å². The fourth-order valence-electron chi connectivity index (χ4n) is 5.71. The van der Waals surface area contributed by atoms with Gasteiger partial charge in [0.15, 0.2) is 0 Å². The van der Waals surface area contributed by atoms with Crippen LogP contribution in [0.1, 0.15) is 64.8 Å². The number of nitrogens with zero attached hydrogens (tertiary/aromatic N) is 2. The number of fused-ring (bicyclic) bond motifs is 2. The van der Waals surface area contributed by atoms with Gasteiger partial charge in [-0.05, 0) is 49.3 Å². The van der Waals surface area contributed by atoms with Crippen molar-refractivity contribution >= 4 is 17.7 Å². The van der Waals surface area contributed by atoms with Gasteiger partial charge in [-0.3, -0.25) is 19.3 Å². The highest BCUT2D eigenvalue weighted by Crippen LogP contribution is 2.36. The number of carbonyl (C=O) groups is 3. The number of amides is 3. The summed E-state index contributed by atoms with van der Waals surface area (Å²) in [6.07, 6.45) is 7.08. The Hall–Kier alpha value is -2.95. The lowest BCUT2D eigenvalue weighted by Crippen LogP contribution is -2.58. The summed E-state index contributed by atoms with van der Waals surface area (Å²) in [6, 6.07) is 16.0. The minimum absolute atomic E-state index is 0.0741. The molecule has 5 nitrogen and oxygen atoms in total. The predicted octanol–water partition coefficient (Wildman–Crippen LogP) is 4.08. The first kappa shape index (κ1) is 20.0. The lowest BCUT2D eigenvalue weighted by atomic mass is 9.78. The summed E-state index contributed by atoms with van der Waals surface area (Å²) in [4.78, 5) is 43.7. The van der Waals surface area contributed by atoms with Gasteiger partial charge in [-0.2, -0.15) is 0 Å². The summed E-state index contributed by atoms with van der Waals surface area (Å²) >= 11 is 0. The van der Waals surface area contributed by atoms with Crippen LogP contribution in [0.2, 0.25) is 0 Å². The first-order valence-corrected chi connectivity index (χ1v) is 11.5. The normalized spacial score (nSPS) is 24.0. The zero-order valence-electron chi connectivity index (χ0n) is 17.7. The number of likely N-dealkylation sites (tertiary alicyclic amines) is 1. The summed E-state index contributed by atoms with van der Waals surface area (Å²) < 4.78 is 0. The van der Waals surface area contributed by atoms with Crippen molar-refractivity contribution in [2.75, 3.05) is 6.54 Å². The molecule has 1 saturated carbocycles. The van der Waals surface area contributed by atoms with Crippen LogP contribution in [0.4, 0.5) is 0 Å². The first-order chi connectivity index (χ1) is 15.1. The predicted molar refractivity (Wildman–Crippen MR) is 118 cm³/mol. The Morgan fingerprint density at radius 2 is 1.45 bits per heavy atom. The topological polar surface area (TPSA) is 57.7 Å². The number of piperidine rings is 1. The van der Waals surface area contributed by atoms with Crippen LogP contribution in [0.5, 0.6) is 0 Å². The van der Waals surface area contributed by atoms with Gasteiger partial charge in [-0.15, -0.1) is 0 Å². The molecule has 3 amide bonds. The quantitative estimate of drug-likeness (QED) is 0.706. The number of hydrogen-bond acceptors (Lipinski definition) is 3. The third-order valence-corrected chi connectivity index (χ3v) is 7.22. The molecule has 160 valence electrons. The van der Waals surface area contributed by atoms with E-state index in [9.17, 15) is 14.4 Å². The van der Waals surface area contributed by atoms with E-state index >= 15 is 0 Å². The molecule has 0 spiro atoms. The van der Waals surface area contributed by atoms with Crippen molar-refractivity contribution in [3.63, 3.8) is 0 Å². The van der Waals surface area contributed by atoms with Gasteiger partial charge in [-0.25, -0.2) is 0 Å². The van der Waals surface area contributed by atoms with Crippen molar-refractivity contribution in [2.24, 2.45) is 5.92 Å². The number of hydrogen-bond donors (Lipinski definition) is 0. The van der Waals surface area contributed by atoms with Crippen LogP contribution in [-0.2, 0) is 11.2 Å². The molecule has 5 heteroatoms. The van der Waals surface area contributed by atoms with Crippen molar-refractivity contribution in [3.05, 3.63) is 71.3 Å². The van der Waals surface area contributed by atoms with Gasteiger partial charge in [0.1, 0.15) is 6.04 Å². The molecule has 3 aliphatic rings. The SMILES string of the molecule is O=C([C@H](Cc1ccccc1)N1C(=O)c2ccccc2C1=O)N1CCC[C@H]2CCCC[C@@H]21. The molecule has 2 aromatic rings. The maximum absolute atomic E-state index is 14.0. The fraction of sp³-hybridized carbons (Fsp3) is 0.423. The van der Waals surface area contributed by atoms with Gasteiger partial charge in [0.2, 0.25) is 5.91 Å². The van der Waals surface area contributed by atoms with Crippen molar-refractivity contribution in [3.8, 4) is 0 Å². The minimum atomic E-state index is -0.810. The average Bonchev–Trinajstić information content (AvgIpc) is 3.07. The Morgan fingerprint density at radius 1 is 0.839 bits per heavy atom. The second kappa shape index (κ2) is 8.29. The van der Waals surface area contributed by atoms with Crippen LogP contribution in [0.3, 0.4) is 0 Å². The zero-order chi connectivity index (χ0) is 21.4. The summed E-state index contributed by atoms with van der Waals surface area (Å²) in [5, 5.41) is 0. The molecule has 5 rings (SSSR count). The molecule has 1 aliphatic carbocycles. The van der Waals surface area contributed by atoms with Gasteiger partial charge < -0.3 is 4.90 Å². The molecule has 0 N–H and O–H groups in total. The zero-order valence-corrected chi connectivity index (χ0v) is 17.7. The summed E-state index contributed by atoms with van der Waals surface area (Å²) in [5.41, 5.74) is 1.75. The summed E-state index contributed by atoms with van der Waals surface area (Å²) in [5.74, 6) is -0.236. The molecule has 0 radical (unpaired) electrons. The largest absolute Gasteiger partial charge is 0.338 e. The highest BCUT2D eigenvalue weighted by Gasteiger charge is 2.46.